The number of benzene rings is 2. The first-order valence-corrected chi connectivity index (χ1v) is 12.1. The summed E-state index contributed by atoms with van der Waals surface area (Å²) < 4.78 is 6.99. The van der Waals surface area contributed by atoms with E-state index in [0.29, 0.717) is 25.1 Å². The number of hydrogen-bond donors (Lipinski definition) is 1. The van der Waals surface area contributed by atoms with Crippen molar-refractivity contribution in [1.29, 1.82) is 0 Å². The Morgan fingerprint density at radius 3 is 2.31 bits per heavy atom. The SMILES string of the molecule is Cc1ccc([C@@]2(CC(C)(C)O)CCN([C@@H](C)c3ccc(-c4cc[n+]([O-])c(C)c4)cc3)C(=O)O2)cc1. The van der Waals surface area contributed by atoms with Crippen LogP contribution in [0.5, 0.6) is 0 Å². The molecule has 184 valence electrons. The highest BCUT2D eigenvalue weighted by Crippen LogP contribution is 2.42. The van der Waals surface area contributed by atoms with Gasteiger partial charge in [0.2, 0.25) is 0 Å². The summed E-state index contributed by atoms with van der Waals surface area (Å²) in [6, 6.07) is 19.5. The van der Waals surface area contributed by atoms with Crippen molar-refractivity contribution in [3.05, 3.63) is 94.5 Å². The zero-order valence-electron chi connectivity index (χ0n) is 21.1. The first-order valence-electron chi connectivity index (χ1n) is 12.1. The summed E-state index contributed by atoms with van der Waals surface area (Å²) in [6.45, 7) is 9.82. The van der Waals surface area contributed by atoms with Crippen molar-refractivity contribution in [3.63, 3.8) is 0 Å². The second-order valence-electron chi connectivity index (χ2n) is 10.3. The highest BCUT2D eigenvalue weighted by Gasteiger charge is 2.46. The van der Waals surface area contributed by atoms with E-state index >= 15 is 0 Å². The van der Waals surface area contributed by atoms with Gasteiger partial charge in [-0.15, -0.1) is 0 Å². The quantitative estimate of drug-likeness (QED) is 0.375. The van der Waals surface area contributed by atoms with Gasteiger partial charge < -0.3 is 20.0 Å². The highest BCUT2D eigenvalue weighted by atomic mass is 16.6. The summed E-state index contributed by atoms with van der Waals surface area (Å²) >= 11 is 0. The number of aliphatic hydroxyl groups is 1. The molecular weight excluding hydrogens is 440 g/mol. The number of carbonyl (C=O) groups excluding carboxylic acids is 1. The van der Waals surface area contributed by atoms with Crippen LogP contribution >= 0.6 is 0 Å². The normalized spacial score (nSPS) is 19.4. The Morgan fingerprint density at radius 2 is 1.74 bits per heavy atom. The Labute approximate surface area is 207 Å². The summed E-state index contributed by atoms with van der Waals surface area (Å²) in [4.78, 5) is 15.0. The second kappa shape index (κ2) is 9.34. The minimum absolute atomic E-state index is 0.170. The fourth-order valence-corrected chi connectivity index (χ4v) is 4.92. The van der Waals surface area contributed by atoms with E-state index in [1.54, 1.807) is 31.7 Å². The second-order valence-corrected chi connectivity index (χ2v) is 10.3. The van der Waals surface area contributed by atoms with Crippen molar-refractivity contribution >= 4 is 6.09 Å². The van der Waals surface area contributed by atoms with Gasteiger partial charge in [-0.25, -0.2) is 4.79 Å². The molecule has 0 aliphatic carbocycles. The Balaban J connectivity index is 1.54. The van der Waals surface area contributed by atoms with Gasteiger partial charge in [0, 0.05) is 38.4 Å². The molecule has 35 heavy (non-hydrogen) atoms. The van der Waals surface area contributed by atoms with E-state index in [1.807, 2.05) is 68.4 Å². The first-order chi connectivity index (χ1) is 16.5. The Bertz CT molecular complexity index is 1200. The van der Waals surface area contributed by atoms with E-state index in [2.05, 4.69) is 0 Å². The van der Waals surface area contributed by atoms with E-state index in [4.69, 9.17) is 4.74 Å². The predicted molar refractivity (Wildman–Crippen MR) is 136 cm³/mol. The third-order valence-corrected chi connectivity index (χ3v) is 6.87. The molecule has 1 N–H and O–H groups in total. The minimum Gasteiger partial charge on any atom is -0.619 e. The maximum atomic E-state index is 13.3. The molecule has 2 aromatic carbocycles. The molecule has 1 fully saturated rings. The number of nitrogens with zero attached hydrogens (tertiary/aromatic N) is 2. The van der Waals surface area contributed by atoms with Crippen molar-refractivity contribution in [3.8, 4) is 11.1 Å². The molecule has 0 spiro atoms. The standard InChI is InChI=1S/C29H34N2O4/c1-20-6-12-26(13-7-20)29(19-28(4,5)33)15-17-30(27(32)35-29)22(3)23-8-10-24(11-9-23)25-14-16-31(34)21(2)18-25/h6-14,16,18,22,33H,15,17,19H2,1-5H3/t22-,29-/m0/s1. The summed E-state index contributed by atoms with van der Waals surface area (Å²) in [5, 5.41) is 22.3. The van der Waals surface area contributed by atoms with Crippen LogP contribution in [0.15, 0.2) is 66.9 Å². The molecule has 1 saturated heterocycles. The van der Waals surface area contributed by atoms with Crippen molar-refractivity contribution in [2.75, 3.05) is 6.54 Å². The molecule has 1 aliphatic heterocycles. The molecule has 0 saturated carbocycles. The van der Waals surface area contributed by atoms with Crippen molar-refractivity contribution < 1.29 is 19.4 Å². The van der Waals surface area contributed by atoms with Gasteiger partial charge in [0.1, 0.15) is 5.60 Å². The monoisotopic (exact) mass is 474 g/mol. The van der Waals surface area contributed by atoms with Gasteiger partial charge in [-0.1, -0.05) is 54.1 Å². The van der Waals surface area contributed by atoms with Crippen molar-refractivity contribution in [1.82, 2.24) is 4.90 Å². The molecule has 6 nitrogen and oxygen atoms in total. The van der Waals surface area contributed by atoms with Crippen LogP contribution in [-0.4, -0.2) is 28.2 Å². The fourth-order valence-electron chi connectivity index (χ4n) is 4.92. The summed E-state index contributed by atoms with van der Waals surface area (Å²) in [5.74, 6) is 0. The molecule has 1 aromatic heterocycles. The molecule has 0 unspecified atom stereocenters. The zero-order valence-corrected chi connectivity index (χ0v) is 21.1. The summed E-state index contributed by atoms with van der Waals surface area (Å²) in [5.41, 5.74) is 3.80. The third-order valence-electron chi connectivity index (χ3n) is 6.87. The Morgan fingerprint density at radius 1 is 1.09 bits per heavy atom. The lowest BCUT2D eigenvalue weighted by Crippen LogP contribution is -2.51. The number of aryl methyl sites for hydroxylation is 2. The van der Waals surface area contributed by atoms with Gasteiger partial charge in [-0.2, -0.15) is 4.73 Å². The van der Waals surface area contributed by atoms with Crippen LogP contribution in [-0.2, 0) is 10.3 Å². The lowest BCUT2D eigenvalue weighted by Gasteiger charge is -2.45. The zero-order chi connectivity index (χ0) is 25.4. The average molecular weight is 475 g/mol. The minimum atomic E-state index is -0.990. The van der Waals surface area contributed by atoms with Crippen LogP contribution in [0.3, 0.4) is 0 Å². The number of rotatable bonds is 6. The molecule has 1 aliphatic rings. The topological polar surface area (TPSA) is 76.7 Å². The number of hydrogen-bond acceptors (Lipinski definition) is 4. The molecule has 2 heterocycles. The maximum Gasteiger partial charge on any atom is 0.411 e. The molecule has 6 heteroatoms. The van der Waals surface area contributed by atoms with E-state index in [0.717, 1.165) is 32.5 Å². The molecular formula is C29H34N2O4. The number of carbonyl (C=O) groups is 1. The Kier molecular flexibility index (Phi) is 6.60. The van der Waals surface area contributed by atoms with Crippen LogP contribution in [0, 0.1) is 19.1 Å². The number of pyridine rings is 1. The van der Waals surface area contributed by atoms with Crippen LogP contribution < -0.4 is 4.73 Å². The van der Waals surface area contributed by atoms with E-state index in [1.165, 1.54) is 6.20 Å². The Hall–Kier alpha value is -3.38. The van der Waals surface area contributed by atoms with Gasteiger partial charge in [0.05, 0.1) is 11.6 Å². The first kappa shape index (κ1) is 24.7. The van der Waals surface area contributed by atoms with Crippen molar-refractivity contribution in [2.45, 2.75) is 64.7 Å². The molecule has 1 amide bonds. The van der Waals surface area contributed by atoms with Gasteiger partial charge >= 0.3 is 6.09 Å². The van der Waals surface area contributed by atoms with Crippen LogP contribution in [0.25, 0.3) is 11.1 Å². The highest BCUT2D eigenvalue weighted by molar-refractivity contribution is 5.70. The smallest absolute Gasteiger partial charge is 0.411 e. The largest absolute Gasteiger partial charge is 0.619 e. The predicted octanol–water partition coefficient (Wildman–Crippen LogP) is 5.56. The van der Waals surface area contributed by atoms with E-state index < -0.39 is 11.2 Å². The number of aromatic nitrogens is 1. The van der Waals surface area contributed by atoms with Gasteiger partial charge in [0.25, 0.3) is 0 Å². The van der Waals surface area contributed by atoms with Crippen LogP contribution in [0.1, 0.15) is 62.0 Å². The number of amides is 1. The lowest BCUT2D eigenvalue weighted by atomic mass is 9.80. The summed E-state index contributed by atoms with van der Waals surface area (Å²) in [6.07, 6.45) is 2.05. The van der Waals surface area contributed by atoms with Gasteiger partial charge in [0.15, 0.2) is 11.9 Å². The van der Waals surface area contributed by atoms with Crippen LogP contribution in [0.2, 0.25) is 0 Å². The van der Waals surface area contributed by atoms with Crippen molar-refractivity contribution in [2.24, 2.45) is 0 Å². The molecule has 0 bridgehead atoms. The van der Waals surface area contributed by atoms with Gasteiger partial charge in [-0.05, 0) is 49.9 Å². The molecule has 3 aromatic rings. The van der Waals surface area contributed by atoms with Gasteiger partial charge in [-0.3, -0.25) is 0 Å². The third kappa shape index (κ3) is 5.33. The molecule has 2 atom stereocenters. The lowest BCUT2D eigenvalue weighted by molar-refractivity contribution is -0.612. The van der Waals surface area contributed by atoms with E-state index in [-0.39, 0.29) is 12.1 Å². The molecule has 0 radical (unpaired) electrons. The fraction of sp³-hybridized carbons (Fsp3) is 0.379. The number of ether oxygens (including phenoxy) is 1. The molecule has 4 rings (SSSR count). The maximum absolute atomic E-state index is 13.3. The average Bonchev–Trinajstić information content (AvgIpc) is 2.80. The summed E-state index contributed by atoms with van der Waals surface area (Å²) in [7, 11) is 0. The number of cyclic esters (lactones) is 1. The van der Waals surface area contributed by atoms with E-state index in [9.17, 15) is 15.1 Å². The van der Waals surface area contributed by atoms with Crippen LogP contribution in [0.4, 0.5) is 4.79 Å².